The molecule has 0 bridgehead atoms. The average molecular weight is 309 g/mol. The second-order valence-corrected chi connectivity index (χ2v) is 4.64. The molecule has 0 saturated heterocycles. The minimum Gasteiger partial charge on any atom is -0.494 e. The highest BCUT2D eigenvalue weighted by Crippen LogP contribution is 2.14. The maximum atomic E-state index is 12.2. The predicted octanol–water partition coefficient (Wildman–Crippen LogP) is 2.31. The van der Waals surface area contributed by atoms with Crippen molar-refractivity contribution in [1.29, 1.82) is 0 Å². The number of ether oxygens (including phenoxy) is 1. The van der Waals surface area contributed by atoms with E-state index in [9.17, 15) is 4.79 Å². The standard InChI is InChI=1S/C16H15N5O2/c1-2-23-13-5-3-12(4-6-13)16(22)20-14-9-15(19-10-18-14)21-8-7-17-11-21/h3-11H,2H2,1H3,(H,18,19,20,22). The van der Waals surface area contributed by atoms with Crippen molar-refractivity contribution in [2.24, 2.45) is 0 Å². The molecule has 0 atom stereocenters. The zero-order valence-corrected chi connectivity index (χ0v) is 12.5. The number of nitrogens with one attached hydrogen (secondary N) is 1. The maximum absolute atomic E-state index is 12.2. The first kappa shape index (κ1) is 14.7. The van der Waals surface area contributed by atoms with Gasteiger partial charge in [0.05, 0.1) is 6.61 Å². The zero-order chi connectivity index (χ0) is 16.1. The Hall–Kier alpha value is -3.22. The second kappa shape index (κ2) is 6.69. The number of hydrogen-bond acceptors (Lipinski definition) is 5. The first-order chi connectivity index (χ1) is 11.3. The Bertz CT molecular complexity index is 784. The summed E-state index contributed by atoms with van der Waals surface area (Å²) in [6, 6.07) is 8.61. The quantitative estimate of drug-likeness (QED) is 0.782. The van der Waals surface area contributed by atoms with E-state index >= 15 is 0 Å². The van der Waals surface area contributed by atoms with Crippen LogP contribution in [0.5, 0.6) is 5.75 Å². The summed E-state index contributed by atoms with van der Waals surface area (Å²) >= 11 is 0. The molecule has 7 nitrogen and oxygen atoms in total. The summed E-state index contributed by atoms with van der Waals surface area (Å²) in [4.78, 5) is 24.4. The molecule has 1 aromatic carbocycles. The summed E-state index contributed by atoms with van der Waals surface area (Å²) in [6.07, 6.45) is 6.43. The van der Waals surface area contributed by atoms with Gasteiger partial charge in [-0.05, 0) is 31.2 Å². The number of benzene rings is 1. The number of nitrogens with zero attached hydrogens (tertiary/aromatic N) is 4. The lowest BCUT2D eigenvalue weighted by molar-refractivity contribution is 0.102. The highest BCUT2D eigenvalue weighted by atomic mass is 16.5. The van der Waals surface area contributed by atoms with Crippen LogP contribution >= 0.6 is 0 Å². The molecule has 0 unspecified atom stereocenters. The molecule has 1 N–H and O–H groups in total. The van der Waals surface area contributed by atoms with Crippen molar-refractivity contribution < 1.29 is 9.53 Å². The van der Waals surface area contributed by atoms with E-state index in [0.29, 0.717) is 23.8 Å². The Morgan fingerprint density at radius 2 is 2.09 bits per heavy atom. The number of carbonyl (C=O) groups is 1. The largest absolute Gasteiger partial charge is 0.494 e. The topological polar surface area (TPSA) is 81.9 Å². The highest BCUT2D eigenvalue weighted by molar-refractivity contribution is 6.03. The minimum atomic E-state index is -0.247. The summed E-state index contributed by atoms with van der Waals surface area (Å²) in [5.74, 6) is 1.53. The van der Waals surface area contributed by atoms with Crippen molar-refractivity contribution in [3.05, 3.63) is 60.9 Å². The number of rotatable bonds is 5. The molecule has 1 amide bonds. The maximum Gasteiger partial charge on any atom is 0.256 e. The Morgan fingerprint density at radius 3 is 2.78 bits per heavy atom. The molecule has 0 radical (unpaired) electrons. The minimum absolute atomic E-state index is 0.247. The van der Waals surface area contributed by atoms with Crippen molar-refractivity contribution in [2.75, 3.05) is 11.9 Å². The molecule has 2 heterocycles. The van der Waals surface area contributed by atoms with E-state index in [1.165, 1.54) is 6.33 Å². The third kappa shape index (κ3) is 3.52. The fourth-order valence-corrected chi connectivity index (χ4v) is 2.01. The molecule has 23 heavy (non-hydrogen) atoms. The van der Waals surface area contributed by atoms with Crippen molar-refractivity contribution in [1.82, 2.24) is 19.5 Å². The zero-order valence-electron chi connectivity index (χ0n) is 12.5. The van der Waals surface area contributed by atoms with Crippen LogP contribution in [0.2, 0.25) is 0 Å². The summed E-state index contributed by atoms with van der Waals surface area (Å²) in [7, 11) is 0. The van der Waals surface area contributed by atoms with Crippen molar-refractivity contribution in [3.8, 4) is 11.6 Å². The highest BCUT2D eigenvalue weighted by Gasteiger charge is 2.08. The van der Waals surface area contributed by atoms with Gasteiger partial charge < -0.3 is 10.1 Å². The molecule has 3 rings (SSSR count). The van der Waals surface area contributed by atoms with E-state index in [4.69, 9.17) is 4.74 Å². The van der Waals surface area contributed by atoms with Gasteiger partial charge in [0.1, 0.15) is 30.0 Å². The van der Waals surface area contributed by atoms with Crippen molar-refractivity contribution in [3.63, 3.8) is 0 Å². The molecule has 2 aromatic heterocycles. The van der Waals surface area contributed by atoms with Gasteiger partial charge >= 0.3 is 0 Å². The number of carbonyl (C=O) groups excluding carboxylic acids is 1. The van der Waals surface area contributed by atoms with Gasteiger partial charge in [-0.3, -0.25) is 9.36 Å². The summed E-state index contributed by atoms with van der Waals surface area (Å²) in [5.41, 5.74) is 0.524. The van der Waals surface area contributed by atoms with E-state index in [0.717, 1.165) is 5.75 Å². The second-order valence-electron chi connectivity index (χ2n) is 4.64. The van der Waals surface area contributed by atoms with Gasteiger partial charge in [0.2, 0.25) is 0 Å². The lowest BCUT2D eigenvalue weighted by atomic mass is 10.2. The number of hydrogen-bond donors (Lipinski definition) is 1. The lowest BCUT2D eigenvalue weighted by Crippen LogP contribution is -2.13. The van der Waals surface area contributed by atoms with Crippen LogP contribution < -0.4 is 10.1 Å². The van der Waals surface area contributed by atoms with Crippen LogP contribution in [0.4, 0.5) is 5.82 Å². The van der Waals surface area contributed by atoms with E-state index in [2.05, 4.69) is 20.3 Å². The van der Waals surface area contributed by atoms with E-state index < -0.39 is 0 Å². The molecule has 7 heteroatoms. The molecule has 116 valence electrons. The van der Waals surface area contributed by atoms with Crippen LogP contribution in [-0.4, -0.2) is 32.0 Å². The molecule has 0 spiro atoms. The van der Waals surface area contributed by atoms with Gasteiger partial charge in [0, 0.05) is 24.0 Å². The third-order valence-electron chi connectivity index (χ3n) is 3.09. The van der Waals surface area contributed by atoms with Gasteiger partial charge in [0.15, 0.2) is 0 Å². The van der Waals surface area contributed by atoms with Gasteiger partial charge in [-0.25, -0.2) is 15.0 Å². The molecule has 0 aliphatic heterocycles. The number of aromatic nitrogens is 4. The molecular weight excluding hydrogens is 294 g/mol. The average Bonchev–Trinajstić information content (AvgIpc) is 3.11. The van der Waals surface area contributed by atoms with Crippen LogP contribution in [0, 0.1) is 0 Å². The fraction of sp³-hybridized carbons (Fsp3) is 0.125. The molecular formula is C16H15N5O2. The van der Waals surface area contributed by atoms with Crippen LogP contribution in [0.3, 0.4) is 0 Å². The number of amides is 1. The smallest absolute Gasteiger partial charge is 0.256 e. The van der Waals surface area contributed by atoms with Crippen LogP contribution in [-0.2, 0) is 0 Å². The molecule has 0 aliphatic rings. The lowest BCUT2D eigenvalue weighted by Gasteiger charge is -2.07. The fourth-order valence-electron chi connectivity index (χ4n) is 2.01. The van der Waals surface area contributed by atoms with Crippen LogP contribution in [0.1, 0.15) is 17.3 Å². The first-order valence-corrected chi connectivity index (χ1v) is 7.11. The normalized spacial score (nSPS) is 10.3. The van der Waals surface area contributed by atoms with E-state index in [-0.39, 0.29) is 5.91 Å². The monoisotopic (exact) mass is 309 g/mol. The first-order valence-electron chi connectivity index (χ1n) is 7.11. The van der Waals surface area contributed by atoms with Crippen molar-refractivity contribution in [2.45, 2.75) is 6.92 Å². The summed E-state index contributed by atoms with van der Waals surface area (Å²) in [6.45, 7) is 2.50. The van der Waals surface area contributed by atoms with Gasteiger partial charge in [0.25, 0.3) is 5.91 Å². The van der Waals surface area contributed by atoms with Gasteiger partial charge in [-0.1, -0.05) is 0 Å². The van der Waals surface area contributed by atoms with Gasteiger partial charge in [-0.2, -0.15) is 0 Å². The SMILES string of the molecule is CCOc1ccc(C(=O)Nc2cc(-n3ccnc3)ncn2)cc1. The van der Waals surface area contributed by atoms with E-state index in [1.807, 2.05) is 6.92 Å². The Balaban J connectivity index is 1.73. The molecule has 3 aromatic rings. The molecule has 0 saturated carbocycles. The Kier molecular flexibility index (Phi) is 4.28. The summed E-state index contributed by atoms with van der Waals surface area (Å²) < 4.78 is 7.09. The number of imidazole rings is 1. The van der Waals surface area contributed by atoms with Crippen LogP contribution in [0.15, 0.2) is 55.4 Å². The van der Waals surface area contributed by atoms with Crippen LogP contribution in [0.25, 0.3) is 5.82 Å². The number of anilines is 1. The predicted molar refractivity (Wildman–Crippen MR) is 84.7 cm³/mol. The Labute approximate surface area is 133 Å². The molecule has 0 aliphatic carbocycles. The molecule has 0 fully saturated rings. The third-order valence-corrected chi connectivity index (χ3v) is 3.09. The van der Waals surface area contributed by atoms with Crippen molar-refractivity contribution >= 4 is 11.7 Å². The Morgan fingerprint density at radius 1 is 1.26 bits per heavy atom. The summed E-state index contributed by atoms with van der Waals surface area (Å²) in [5, 5.41) is 2.75. The van der Waals surface area contributed by atoms with Gasteiger partial charge in [-0.15, -0.1) is 0 Å². The van der Waals surface area contributed by atoms with E-state index in [1.54, 1.807) is 53.6 Å².